The van der Waals surface area contributed by atoms with E-state index in [0.29, 0.717) is 22.6 Å². The summed E-state index contributed by atoms with van der Waals surface area (Å²) in [5, 5.41) is 12.3. The van der Waals surface area contributed by atoms with Gasteiger partial charge in [-0.1, -0.05) is 41.2 Å². The van der Waals surface area contributed by atoms with Gasteiger partial charge in [0, 0.05) is 0 Å². The van der Waals surface area contributed by atoms with Crippen molar-refractivity contribution >= 4 is 36.5 Å². The Bertz CT molecular complexity index is 1200. The van der Waals surface area contributed by atoms with Gasteiger partial charge in [-0.2, -0.15) is 0 Å². The van der Waals surface area contributed by atoms with Crippen molar-refractivity contribution in [3.05, 3.63) is 59.7 Å². The molecule has 0 atom stereocenters. The van der Waals surface area contributed by atoms with Crippen LogP contribution < -0.4 is 14.2 Å². The van der Waals surface area contributed by atoms with E-state index in [9.17, 15) is 16.8 Å². The first-order chi connectivity index (χ1) is 13.6. The SMILES string of the molecule is COc1ccc(CN(c2nnc(S(N)(=O)=O)s2)S(=O)(=O)c2ccc(C)cc2)cc1. The number of benzene rings is 2. The van der Waals surface area contributed by atoms with E-state index in [1.807, 2.05) is 6.92 Å². The van der Waals surface area contributed by atoms with Gasteiger partial charge in [-0.25, -0.2) is 26.3 Å². The van der Waals surface area contributed by atoms with Gasteiger partial charge < -0.3 is 4.74 Å². The van der Waals surface area contributed by atoms with E-state index in [-0.39, 0.29) is 16.6 Å². The average Bonchev–Trinajstić information content (AvgIpc) is 3.17. The zero-order valence-corrected chi connectivity index (χ0v) is 18.0. The van der Waals surface area contributed by atoms with Crippen LogP contribution in [0.3, 0.4) is 0 Å². The Morgan fingerprint density at radius 3 is 2.14 bits per heavy atom. The van der Waals surface area contributed by atoms with Gasteiger partial charge in [0.25, 0.3) is 20.0 Å². The number of primary sulfonamides is 1. The predicted molar refractivity (Wildman–Crippen MR) is 109 cm³/mol. The highest BCUT2D eigenvalue weighted by atomic mass is 32.2. The van der Waals surface area contributed by atoms with Crippen molar-refractivity contribution in [1.29, 1.82) is 0 Å². The van der Waals surface area contributed by atoms with Crippen LogP contribution in [-0.2, 0) is 26.6 Å². The summed E-state index contributed by atoms with van der Waals surface area (Å²) in [5.74, 6) is 0.620. The average molecular weight is 455 g/mol. The first kappa shape index (κ1) is 21.2. The molecule has 3 rings (SSSR count). The largest absolute Gasteiger partial charge is 0.497 e. The van der Waals surface area contributed by atoms with Crippen LogP contribution in [0.4, 0.5) is 5.13 Å². The highest BCUT2D eigenvalue weighted by Gasteiger charge is 2.29. The van der Waals surface area contributed by atoms with E-state index in [2.05, 4.69) is 10.2 Å². The van der Waals surface area contributed by atoms with Crippen LogP contribution >= 0.6 is 11.3 Å². The molecule has 29 heavy (non-hydrogen) atoms. The van der Waals surface area contributed by atoms with Crippen molar-refractivity contribution in [1.82, 2.24) is 10.2 Å². The number of rotatable bonds is 7. The van der Waals surface area contributed by atoms with Crippen LogP contribution in [0.2, 0.25) is 0 Å². The molecule has 1 heterocycles. The summed E-state index contributed by atoms with van der Waals surface area (Å²) in [7, 11) is -6.62. The third kappa shape index (κ3) is 4.72. The maximum absolute atomic E-state index is 13.3. The fourth-order valence-corrected chi connectivity index (χ4v) is 5.44. The van der Waals surface area contributed by atoms with Gasteiger partial charge in [-0.3, -0.25) is 0 Å². The molecule has 154 valence electrons. The topological polar surface area (TPSA) is 133 Å². The van der Waals surface area contributed by atoms with E-state index in [4.69, 9.17) is 9.88 Å². The number of aryl methyl sites for hydroxylation is 1. The molecule has 0 amide bonds. The number of hydrogen-bond donors (Lipinski definition) is 1. The predicted octanol–water partition coefficient (Wildman–Crippen LogP) is 1.90. The lowest BCUT2D eigenvalue weighted by atomic mass is 10.2. The standard InChI is InChI=1S/C17H18N4O5S3/c1-12-3-9-15(10-4-12)29(24,25)21(11-13-5-7-14(26-2)8-6-13)16-19-20-17(27-16)28(18,22)23/h3-10H,11H2,1-2H3,(H2,18,22,23). The Morgan fingerprint density at radius 1 is 1.00 bits per heavy atom. The maximum atomic E-state index is 13.3. The van der Waals surface area contributed by atoms with Gasteiger partial charge in [0.15, 0.2) is 0 Å². The Balaban J connectivity index is 2.07. The molecular formula is C17H18N4O5S3. The van der Waals surface area contributed by atoms with Crippen LogP contribution in [0.25, 0.3) is 0 Å². The minimum Gasteiger partial charge on any atom is -0.497 e. The maximum Gasteiger partial charge on any atom is 0.267 e. The van der Waals surface area contributed by atoms with E-state index < -0.39 is 24.4 Å². The van der Waals surface area contributed by atoms with Crippen molar-refractivity contribution in [2.24, 2.45) is 5.14 Å². The van der Waals surface area contributed by atoms with Crippen LogP contribution in [0, 0.1) is 6.92 Å². The number of sulfonamides is 2. The minimum absolute atomic E-state index is 0.0453. The molecule has 0 saturated carbocycles. The fraction of sp³-hybridized carbons (Fsp3) is 0.176. The molecule has 2 aromatic carbocycles. The second-order valence-corrected chi connectivity index (χ2v) is 10.6. The molecule has 12 heteroatoms. The second-order valence-electron chi connectivity index (χ2n) is 6.07. The highest BCUT2D eigenvalue weighted by molar-refractivity contribution is 7.93. The van der Waals surface area contributed by atoms with Crippen LogP contribution in [-0.4, -0.2) is 34.1 Å². The summed E-state index contributed by atoms with van der Waals surface area (Å²) >= 11 is 0.586. The zero-order chi connectivity index (χ0) is 21.2. The molecule has 0 saturated heterocycles. The number of nitrogens with two attached hydrogens (primary N) is 1. The monoisotopic (exact) mass is 454 g/mol. The summed E-state index contributed by atoms with van der Waals surface area (Å²) in [6.45, 7) is 1.76. The zero-order valence-electron chi connectivity index (χ0n) is 15.5. The lowest BCUT2D eigenvalue weighted by molar-refractivity contribution is 0.414. The van der Waals surface area contributed by atoms with Gasteiger partial charge in [0.05, 0.1) is 18.6 Å². The smallest absolute Gasteiger partial charge is 0.267 e. The molecule has 1 aromatic heterocycles. The molecule has 0 bridgehead atoms. The van der Waals surface area contributed by atoms with Gasteiger partial charge >= 0.3 is 0 Å². The van der Waals surface area contributed by atoms with Gasteiger partial charge in [-0.05, 0) is 36.8 Å². The van der Waals surface area contributed by atoms with Crippen molar-refractivity contribution in [2.45, 2.75) is 22.7 Å². The third-order valence-corrected chi connectivity index (χ3v) is 8.07. The molecule has 0 unspecified atom stereocenters. The number of methoxy groups -OCH3 is 1. The van der Waals surface area contributed by atoms with E-state index in [1.165, 1.54) is 19.2 Å². The highest BCUT2D eigenvalue weighted by Crippen LogP contribution is 2.30. The summed E-state index contributed by atoms with van der Waals surface area (Å²) in [5.41, 5.74) is 1.55. The lowest BCUT2D eigenvalue weighted by Gasteiger charge is -2.21. The van der Waals surface area contributed by atoms with Crippen LogP contribution in [0.15, 0.2) is 57.8 Å². The van der Waals surface area contributed by atoms with Gasteiger partial charge in [-0.15, -0.1) is 10.2 Å². The number of hydrogen-bond acceptors (Lipinski definition) is 8. The molecule has 9 nitrogen and oxygen atoms in total. The number of anilines is 1. The van der Waals surface area contributed by atoms with E-state index >= 15 is 0 Å². The summed E-state index contributed by atoms with van der Waals surface area (Å²) in [6.07, 6.45) is 0. The Hall–Kier alpha value is -2.54. The van der Waals surface area contributed by atoms with Crippen molar-refractivity contribution in [3.63, 3.8) is 0 Å². The van der Waals surface area contributed by atoms with Crippen molar-refractivity contribution in [2.75, 3.05) is 11.4 Å². The molecule has 0 fully saturated rings. The van der Waals surface area contributed by atoms with Crippen LogP contribution in [0.1, 0.15) is 11.1 Å². The van der Waals surface area contributed by atoms with Gasteiger partial charge in [0.2, 0.25) is 9.47 Å². The molecule has 3 aromatic rings. The van der Waals surface area contributed by atoms with E-state index in [0.717, 1.165) is 9.87 Å². The summed E-state index contributed by atoms with van der Waals surface area (Å²) in [6, 6.07) is 13.1. The van der Waals surface area contributed by atoms with E-state index in [1.54, 1.807) is 36.4 Å². The summed E-state index contributed by atoms with van der Waals surface area (Å²) in [4.78, 5) is 0.0453. The first-order valence-electron chi connectivity index (χ1n) is 8.20. The Morgan fingerprint density at radius 2 is 1.62 bits per heavy atom. The lowest BCUT2D eigenvalue weighted by Crippen LogP contribution is -2.30. The quantitative estimate of drug-likeness (QED) is 0.576. The third-order valence-electron chi connectivity index (χ3n) is 3.95. The molecule has 0 aliphatic heterocycles. The minimum atomic E-state index is -4.11. The molecule has 2 N–H and O–H groups in total. The second kappa shape index (κ2) is 8.06. The molecule has 0 radical (unpaired) electrons. The van der Waals surface area contributed by atoms with Gasteiger partial charge in [0.1, 0.15) is 5.75 Å². The molecular weight excluding hydrogens is 436 g/mol. The Kier molecular flexibility index (Phi) is 5.89. The number of nitrogens with zero attached hydrogens (tertiary/aromatic N) is 3. The number of ether oxygens (including phenoxy) is 1. The molecule has 0 aliphatic carbocycles. The fourth-order valence-electron chi connectivity index (χ4n) is 2.41. The normalized spacial score (nSPS) is 12.0. The van der Waals surface area contributed by atoms with Crippen molar-refractivity contribution in [3.8, 4) is 5.75 Å². The Labute approximate surface area is 172 Å². The first-order valence-corrected chi connectivity index (χ1v) is 12.0. The van der Waals surface area contributed by atoms with Crippen molar-refractivity contribution < 1.29 is 21.6 Å². The molecule has 0 spiro atoms. The molecule has 0 aliphatic rings. The van der Waals surface area contributed by atoms with Crippen LogP contribution in [0.5, 0.6) is 5.75 Å². The number of aromatic nitrogens is 2. The summed E-state index contributed by atoms with van der Waals surface area (Å²) < 4.78 is 55.4.